The normalized spacial score (nSPS) is 12.6. The Morgan fingerprint density at radius 1 is 1.57 bits per heavy atom. The van der Waals surface area contributed by atoms with E-state index < -0.39 is 22.4 Å². The summed E-state index contributed by atoms with van der Waals surface area (Å²) in [6.45, 7) is 0.0644. The summed E-state index contributed by atoms with van der Waals surface area (Å²) < 4.78 is 24.9. The molecule has 1 aromatic heterocycles. The van der Waals surface area contributed by atoms with E-state index in [9.17, 15) is 24.4 Å². The van der Waals surface area contributed by atoms with E-state index in [1.807, 2.05) is 0 Å². The van der Waals surface area contributed by atoms with Crippen molar-refractivity contribution in [1.29, 1.82) is 0 Å². The summed E-state index contributed by atoms with van der Waals surface area (Å²) in [5.74, 6) is -1.94. The number of ether oxygens (including phenoxy) is 2. The minimum Gasteiger partial charge on any atom is -0.491 e. The molecule has 23 heavy (non-hydrogen) atoms. The van der Waals surface area contributed by atoms with Gasteiger partial charge in [-0.15, -0.1) is 11.3 Å². The lowest BCUT2D eigenvalue weighted by atomic mass is 9.97. The van der Waals surface area contributed by atoms with Gasteiger partial charge in [-0.25, -0.2) is 9.18 Å². The van der Waals surface area contributed by atoms with E-state index in [1.165, 1.54) is 12.5 Å². The Labute approximate surface area is 133 Å². The number of carboxylic acid groups (broad SMARTS) is 1. The Morgan fingerprint density at radius 3 is 2.91 bits per heavy atom. The molecule has 0 atom stereocenters. The minimum absolute atomic E-state index is 0.0400. The van der Waals surface area contributed by atoms with Gasteiger partial charge in [0, 0.05) is 28.5 Å². The van der Waals surface area contributed by atoms with E-state index in [4.69, 9.17) is 9.47 Å². The number of nitro groups is 1. The van der Waals surface area contributed by atoms with Crippen LogP contribution in [0, 0.1) is 15.9 Å². The summed E-state index contributed by atoms with van der Waals surface area (Å²) >= 11 is 0.913. The predicted molar refractivity (Wildman–Crippen MR) is 79.1 cm³/mol. The first-order valence-corrected chi connectivity index (χ1v) is 7.35. The number of thiophene rings is 1. The smallest absolute Gasteiger partial charge is 0.349 e. The third-order valence-corrected chi connectivity index (χ3v) is 4.47. The molecule has 1 aromatic carbocycles. The lowest BCUT2D eigenvalue weighted by molar-refractivity contribution is -0.385. The molecule has 9 heteroatoms. The quantitative estimate of drug-likeness (QED) is 0.681. The van der Waals surface area contributed by atoms with Crippen LogP contribution in [0.15, 0.2) is 11.4 Å². The minimum atomic E-state index is -1.18. The fourth-order valence-corrected chi connectivity index (χ4v) is 3.43. The number of carbonyl (C=O) groups is 1. The van der Waals surface area contributed by atoms with Gasteiger partial charge >= 0.3 is 11.7 Å². The fraction of sp³-hybridized carbons (Fsp3) is 0.214. The van der Waals surface area contributed by atoms with E-state index in [0.717, 1.165) is 17.4 Å². The molecule has 0 bridgehead atoms. The molecule has 2 aromatic rings. The number of benzene rings is 1. The highest BCUT2D eigenvalue weighted by atomic mass is 32.1. The third kappa shape index (κ3) is 2.29. The molecule has 3 rings (SSSR count). The topological polar surface area (TPSA) is 98.9 Å². The van der Waals surface area contributed by atoms with Gasteiger partial charge in [-0.1, -0.05) is 0 Å². The summed E-state index contributed by atoms with van der Waals surface area (Å²) in [4.78, 5) is 21.7. The first kappa shape index (κ1) is 15.2. The average Bonchev–Trinajstić information content (AvgIpc) is 2.82. The number of nitro benzene ring substituents is 1. The molecule has 2 heterocycles. The van der Waals surface area contributed by atoms with Crippen molar-refractivity contribution in [2.45, 2.75) is 6.42 Å². The molecule has 0 unspecified atom stereocenters. The predicted octanol–water partition coefficient (Wildman–Crippen LogP) is 3.10. The maximum Gasteiger partial charge on any atom is 0.349 e. The van der Waals surface area contributed by atoms with Gasteiger partial charge in [0.2, 0.25) is 5.75 Å². The lowest BCUT2D eigenvalue weighted by Gasteiger charge is -2.12. The molecule has 0 saturated heterocycles. The number of hydrogen-bond acceptors (Lipinski definition) is 6. The molecule has 1 aliphatic heterocycles. The van der Waals surface area contributed by atoms with Crippen molar-refractivity contribution >= 4 is 23.0 Å². The summed E-state index contributed by atoms with van der Waals surface area (Å²) in [6, 6.07) is 0.813. The van der Waals surface area contributed by atoms with Gasteiger partial charge in [-0.3, -0.25) is 10.1 Å². The van der Waals surface area contributed by atoms with Crippen LogP contribution in [-0.4, -0.2) is 29.7 Å². The number of carboxylic acids is 1. The second-order valence-corrected chi connectivity index (χ2v) is 5.61. The number of halogens is 1. The zero-order chi connectivity index (χ0) is 16.7. The third-order valence-electron chi connectivity index (χ3n) is 3.52. The van der Waals surface area contributed by atoms with Gasteiger partial charge in [0.25, 0.3) is 0 Å². The SMILES string of the molecule is COc1c([N+](=O)[O-])cc(F)c2c1-c1csc(C(=O)O)c1OCC2. The lowest BCUT2D eigenvalue weighted by Crippen LogP contribution is -2.04. The van der Waals surface area contributed by atoms with Gasteiger partial charge in [-0.2, -0.15) is 0 Å². The summed E-state index contributed by atoms with van der Waals surface area (Å²) in [5.41, 5.74) is 0.162. The van der Waals surface area contributed by atoms with Crippen LogP contribution in [0.3, 0.4) is 0 Å². The summed E-state index contributed by atoms with van der Waals surface area (Å²) in [7, 11) is 1.25. The molecule has 120 valence electrons. The number of aromatic carboxylic acids is 1. The standard InChI is InChI=1S/C14H10FNO6S/c1-21-12-9(16(19)20)4-8(15)6-2-3-22-11-7(10(6)12)5-23-13(11)14(17)18/h4-5H,2-3H2,1H3,(H,17,18). The van der Waals surface area contributed by atoms with Gasteiger partial charge in [0.05, 0.1) is 24.7 Å². The highest BCUT2D eigenvalue weighted by Gasteiger charge is 2.32. The maximum absolute atomic E-state index is 14.3. The molecule has 1 aliphatic rings. The molecule has 0 spiro atoms. The molecule has 0 saturated carbocycles. The van der Waals surface area contributed by atoms with Crippen LogP contribution >= 0.6 is 11.3 Å². The Balaban J connectivity index is 2.39. The van der Waals surface area contributed by atoms with Crippen molar-refractivity contribution in [1.82, 2.24) is 0 Å². The van der Waals surface area contributed by atoms with Gasteiger partial charge in [-0.05, 0) is 0 Å². The van der Waals surface area contributed by atoms with Crippen molar-refractivity contribution in [2.75, 3.05) is 13.7 Å². The maximum atomic E-state index is 14.3. The zero-order valence-corrected chi connectivity index (χ0v) is 12.6. The van der Waals surface area contributed by atoms with Gasteiger partial charge in [0.15, 0.2) is 10.6 Å². The van der Waals surface area contributed by atoms with Crippen LogP contribution in [0.2, 0.25) is 0 Å². The Kier molecular flexibility index (Phi) is 3.64. The van der Waals surface area contributed by atoms with Crippen molar-refractivity contribution in [3.8, 4) is 22.6 Å². The molecule has 0 radical (unpaired) electrons. The number of nitrogens with zero attached hydrogens (tertiary/aromatic N) is 1. The molecule has 0 aliphatic carbocycles. The summed E-state index contributed by atoms with van der Waals surface area (Å²) in [5, 5.41) is 21.9. The van der Waals surface area contributed by atoms with Crippen LogP contribution in [0.4, 0.5) is 10.1 Å². The van der Waals surface area contributed by atoms with E-state index in [0.29, 0.717) is 5.56 Å². The van der Waals surface area contributed by atoms with E-state index in [-0.39, 0.29) is 40.5 Å². The van der Waals surface area contributed by atoms with Crippen molar-refractivity contribution in [2.24, 2.45) is 0 Å². The highest BCUT2D eigenvalue weighted by Crippen LogP contribution is 2.49. The first-order chi connectivity index (χ1) is 11.0. The van der Waals surface area contributed by atoms with E-state index >= 15 is 0 Å². The van der Waals surface area contributed by atoms with Crippen LogP contribution in [0.5, 0.6) is 11.5 Å². The van der Waals surface area contributed by atoms with Crippen molar-refractivity contribution in [3.63, 3.8) is 0 Å². The van der Waals surface area contributed by atoms with E-state index in [1.54, 1.807) is 0 Å². The number of hydrogen-bond donors (Lipinski definition) is 1. The van der Waals surface area contributed by atoms with Crippen LogP contribution in [-0.2, 0) is 6.42 Å². The molecular formula is C14H10FNO6S. The molecule has 1 N–H and O–H groups in total. The molecular weight excluding hydrogens is 329 g/mol. The molecule has 0 amide bonds. The van der Waals surface area contributed by atoms with Crippen LogP contribution in [0.1, 0.15) is 15.2 Å². The monoisotopic (exact) mass is 339 g/mol. The van der Waals surface area contributed by atoms with Gasteiger partial charge in [0.1, 0.15) is 5.82 Å². The second kappa shape index (κ2) is 5.51. The van der Waals surface area contributed by atoms with Crippen molar-refractivity contribution < 1.29 is 28.7 Å². The largest absolute Gasteiger partial charge is 0.491 e. The van der Waals surface area contributed by atoms with Gasteiger partial charge < -0.3 is 14.6 Å². The number of methoxy groups -OCH3 is 1. The van der Waals surface area contributed by atoms with Crippen molar-refractivity contribution in [3.05, 3.63) is 37.8 Å². The fourth-order valence-electron chi connectivity index (χ4n) is 2.59. The van der Waals surface area contributed by atoms with E-state index in [2.05, 4.69) is 0 Å². The highest BCUT2D eigenvalue weighted by molar-refractivity contribution is 7.12. The number of rotatable bonds is 3. The Morgan fingerprint density at radius 2 is 2.30 bits per heavy atom. The Bertz CT molecular complexity index is 831. The molecule has 7 nitrogen and oxygen atoms in total. The van der Waals surface area contributed by atoms with Crippen LogP contribution in [0.25, 0.3) is 11.1 Å². The Hall–Kier alpha value is -2.68. The van der Waals surface area contributed by atoms with Crippen LogP contribution < -0.4 is 9.47 Å². The average molecular weight is 339 g/mol. The molecule has 0 fully saturated rings. The zero-order valence-electron chi connectivity index (χ0n) is 11.8. The first-order valence-electron chi connectivity index (χ1n) is 6.47. The summed E-state index contributed by atoms with van der Waals surface area (Å²) in [6.07, 6.45) is 0.147. The second-order valence-electron chi connectivity index (χ2n) is 4.73. The number of fused-ring (bicyclic) bond motifs is 3.